The predicted octanol–water partition coefficient (Wildman–Crippen LogP) is 4.26. The van der Waals surface area contributed by atoms with Gasteiger partial charge >= 0.3 is 0 Å². The van der Waals surface area contributed by atoms with Gasteiger partial charge in [0.05, 0.1) is 5.56 Å². The second kappa shape index (κ2) is 8.36. The number of hydrogen-bond donors (Lipinski definition) is 2. The van der Waals surface area contributed by atoms with Crippen LogP contribution in [0.3, 0.4) is 0 Å². The number of carbonyl (C=O) groups is 1. The third kappa shape index (κ3) is 4.64. The van der Waals surface area contributed by atoms with Gasteiger partial charge in [-0.3, -0.25) is 4.79 Å². The number of nitrogens with two attached hydrogens (primary N) is 1. The number of rotatable bonds is 6. The van der Waals surface area contributed by atoms with Gasteiger partial charge in [-0.05, 0) is 54.8 Å². The predicted molar refractivity (Wildman–Crippen MR) is 107 cm³/mol. The fourth-order valence-electron chi connectivity index (χ4n) is 2.74. The molecular formula is C22H23N3O2. The van der Waals surface area contributed by atoms with E-state index >= 15 is 0 Å². The van der Waals surface area contributed by atoms with Crippen molar-refractivity contribution in [2.75, 3.05) is 5.73 Å². The minimum atomic E-state index is -0.239. The summed E-state index contributed by atoms with van der Waals surface area (Å²) in [5, 5.41) is 2.86. The molecule has 0 atom stereocenters. The van der Waals surface area contributed by atoms with Crippen molar-refractivity contribution >= 4 is 11.7 Å². The van der Waals surface area contributed by atoms with E-state index in [1.54, 1.807) is 12.1 Å². The minimum Gasteiger partial charge on any atom is -0.457 e. The van der Waals surface area contributed by atoms with Gasteiger partial charge in [-0.2, -0.15) is 0 Å². The lowest BCUT2D eigenvalue weighted by atomic mass is 10.1. The van der Waals surface area contributed by atoms with Crippen molar-refractivity contribution in [3.8, 4) is 11.5 Å². The summed E-state index contributed by atoms with van der Waals surface area (Å²) in [5.74, 6) is 1.63. The molecule has 3 aromatic rings. The maximum atomic E-state index is 12.3. The number of benzene rings is 2. The number of nitrogen functional groups attached to an aromatic ring is 1. The Labute approximate surface area is 159 Å². The Morgan fingerprint density at radius 2 is 1.81 bits per heavy atom. The van der Waals surface area contributed by atoms with Crippen LogP contribution in [0.4, 0.5) is 5.82 Å². The molecule has 1 heterocycles. The van der Waals surface area contributed by atoms with Crippen LogP contribution in [-0.4, -0.2) is 10.9 Å². The molecule has 0 aliphatic heterocycles. The molecule has 0 fully saturated rings. The highest BCUT2D eigenvalue weighted by Gasteiger charge is 2.10. The molecule has 0 aliphatic carbocycles. The minimum absolute atomic E-state index is 0.239. The third-order valence-corrected chi connectivity index (χ3v) is 4.27. The Bertz CT molecular complexity index is 937. The summed E-state index contributed by atoms with van der Waals surface area (Å²) in [4.78, 5) is 16.4. The smallest absolute Gasteiger partial charge is 0.255 e. The Kier molecular flexibility index (Phi) is 5.71. The zero-order valence-electron chi connectivity index (χ0n) is 15.5. The highest BCUT2D eigenvalue weighted by atomic mass is 16.5. The Morgan fingerprint density at radius 1 is 1.07 bits per heavy atom. The molecule has 27 heavy (non-hydrogen) atoms. The lowest BCUT2D eigenvalue weighted by molar-refractivity contribution is 0.0951. The standard InChI is InChI=1S/C22H23N3O2/c1-3-17-6-4-5-7-20(17)27-18-11-9-16(10-12-18)14-24-22(26)19-13-8-15(2)25-21(19)23/h4-13H,3,14H2,1-2H3,(H2,23,25)(H,24,26). The van der Waals surface area contributed by atoms with E-state index in [0.717, 1.165) is 34.7 Å². The number of carbonyl (C=O) groups excluding carboxylic acids is 1. The van der Waals surface area contributed by atoms with Gasteiger partial charge in [-0.25, -0.2) is 4.98 Å². The van der Waals surface area contributed by atoms with Crippen LogP contribution in [0.15, 0.2) is 60.7 Å². The average molecular weight is 361 g/mol. The van der Waals surface area contributed by atoms with Crippen LogP contribution < -0.4 is 15.8 Å². The van der Waals surface area contributed by atoms with Crippen molar-refractivity contribution in [3.05, 3.63) is 83.0 Å². The van der Waals surface area contributed by atoms with Crippen molar-refractivity contribution in [1.29, 1.82) is 0 Å². The molecule has 0 saturated heterocycles. The fourth-order valence-corrected chi connectivity index (χ4v) is 2.74. The van der Waals surface area contributed by atoms with Gasteiger partial charge in [-0.1, -0.05) is 37.3 Å². The van der Waals surface area contributed by atoms with E-state index in [9.17, 15) is 4.79 Å². The summed E-state index contributed by atoms with van der Waals surface area (Å²) < 4.78 is 5.97. The van der Waals surface area contributed by atoms with Crippen LogP contribution in [0.5, 0.6) is 11.5 Å². The van der Waals surface area contributed by atoms with Gasteiger partial charge in [0.15, 0.2) is 0 Å². The topological polar surface area (TPSA) is 77.2 Å². The molecule has 5 nitrogen and oxygen atoms in total. The number of nitrogens with one attached hydrogen (secondary N) is 1. The van der Waals surface area contributed by atoms with E-state index in [2.05, 4.69) is 23.3 Å². The number of pyridine rings is 1. The van der Waals surface area contributed by atoms with Crippen molar-refractivity contribution in [3.63, 3.8) is 0 Å². The van der Waals surface area contributed by atoms with Gasteiger partial charge < -0.3 is 15.8 Å². The zero-order chi connectivity index (χ0) is 19.2. The quantitative estimate of drug-likeness (QED) is 0.688. The zero-order valence-corrected chi connectivity index (χ0v) is 15.5. The second-order valence-electron chi connectivity index (χ2n) is 6.28. The Balaban J connectivity index is 1.61. The van der Waals surface area contributed by atoms with Crippen molar-refractivity contribution in [1.82, 2.24) is 10.3 Å². The number of hydrogen-bond acceptors (Lipinski definition) is 4. The first-order chi connectivity index (χ1) is 13.1. The normalized spacial score (nSPS) is 10.4. The van der Waals surface area contributed by atoms with Crippen LogP contribution in [-0.2, 0) is 13.0 Å². The molecule has 0 saturated carbocycles. The first-order valence-corrected chi connectivity index (χ1v) is 8.93. The van der Waals surface area contributed by atoms with E-state index in [0.29, 0.717) is 12.1 Å². The Morgan fingerprint density at radius 3 is 2.52 bits per heavy atom. The summed E-state index contributed by atoms with van der Waals surface area (Å²) in [5.41, 5.74) is 9.12. The number of ether oxygens (including phenoxy) is 1. The SMILES string of the molecule is CCc1ccccc1Oc1ccc(CNC(=O)c2ccc(C)nc2N)cc1. The number of amides is 1. The summed E-state index contributed by atoms with van der Waals surface area (Å²) in [6.07, 6.45) is 0.914. The molecule has 2 aromatic carbocycles. The largest absolute Gasteiger partial charge is 0.457 e. The maximum Gasteiger partial charge on any atom is 0.255 e. The molecule has 3 rings (SSSR count). The number of nitrogens with zero attached hydrogens (tertiary/aromatic N) is 1. The Hall–Kier alpha value is -3.34. The molecule has 3 N–H and O–H groups in total. The van der Waals surface area contributed by atoms with Gasteiger partial charge in [0.2, 0.25) is 0 Å². The van der Waals surface area contributed by atoms with Gasteiger partial charge in [-0.15, -0.1) is 0 Å². The van der Waals surface area contributed by atoms with Crippen LogP contribution in [0.1, 0.15) is 34.1 Å². The molecule has 0 unspecified atom stereocenters. The van der Waals surface area contributed by atoms with E-state index in [4.69, 9.17) is 10.5 Å². The summed E-state index contributed by atoms with van der Waals surface area (Å²) in [6, 6.07) is 19.1. The number of para-hydroxylation sites is 1. The van der Waals surface area contributed by atoms with Crippen LogP contribution >= 0.6 is 0 Å². The van der Waals surface area contributed by atoms with Gasteiger partial charge in [0.1, 0.15) is 17.3 Å². The molecule has 5 heteroatoms. The summed E-state index contributed by atoms with van der Waals surface area (Å²) in [7, 11) is 0. The van der Waals surface area contributed by atoms with E-state index in [-0.39, 0.29) is 11.7 Å². The number of anilines is 1. The summed E-state index contributed by atoms with van der Waals surface area (Å²) >= 11 is 0. The molecule has 1 aromatic heterocycles. The fraction of sp³-hybridized carbons (Fsp3) is 0.182. The van der Waals surface area contributed by atoms with Crippen molar-refractivity contribution in [2.24, 2.45) is 0 Å². The monoisotopic (exact) mass is 361 g/mol. The first kappa shape index (κ1) is 18.5. The molecule has 138 valence electrons. The number of aryl methyl sites for hydroxylation is 2. The molecule has 0 bridgehead atoms. The van der Waals surface area contributed by atoms with Gasteiger partial charge in [0, 0.05) is 12.2 Å². The van der Waals surface area contributed by atoms with E-state index in [1.165, 1.54) is 0 Å². The van der Waals surface area contributed by atoms with E-state index < -0.39 is 0 Å². The van der Waals surface area contributed by atoms with E-state index in [1.807, 2.05) is 49.4 Å². The lowest BCUT2D eigenvalue weighted by Gasteiger charge is -2.11. The highest BCUT2D eigenvalue weighted by molar-refractivity contribution is 5.98. The lowest BCUT2D eigenvalue weighted by Crippen LogP contribution is -2.24. The molecule has 1 amide bonds. The first-order valence-electron chi connectivity index (χ1n) is 8.93. The van der Waals surface area contributed by atoms with Crippen molar-refractivity contribution in [2.45, 2.75) is 26.8 Å². The second-order valence-corrected chi connectivity index (χ2v) is 6.28. The maximum absolute atomic E-state index is 12.3. The van der Waals surface area contributed by atoms with Gasteiger partial charge in [0.25, 0.3) is 5.91 Å². The third-order valence-electron chi connectivity index (χ3n) is 4.27. The molecular weight excluding hydrogens is 338 g/mol. The average Bonchev–Trinajstić information content (AvgIpc) is 2.67. The highest BCUT2D eigenvalue weighted by Crippen LogP contribution is 2.25. The molecule has 0 radical (unpaired) electrons. The van der Waals surface area contributed by atoms with Crippen LogP contribution in [0.2, 0.25) is 0 Å². The van der Waals surface area contributed by atoms with Crippen LogP contribution in [0.25, 0.3) is 0 Å². The summed E-state index contributed by atoms with van der Waals surface area (Å²) in [6.45, 7) is 4.34. The van der Waals surface area contributed by atoms with Crippen molar-refractivity contribution < 1.29 is 9.53 Å². The molecule has 0 spiro atoms. The number of aromatic nitrogens is 1. The van der Waals surface area contributed by atoms with Crippen LogP contribution in [0, 0.1) is 6.92 Å². The molecule has 0 aliphatic rings.